The number of benzene rings is 1. The second-order valence-electron chi connectivity index (χ2n) is 6.22. The highest BCUT2D eigenvalue weighted by Gasteiger charge is 2.23. The lowest BCUT2D eigenvalue weighted by atomic mass is 9.96. The average Bonchev–Trinajstić information content (AvgIpc) is 3.01. The van der Waals surface area contributed by atoms with Gasteiger partial charge in [0.1, 0.15) is 5.75 Å². The van der Waals surface area contributed by atoms with Crippen LogP contribution in [0, 0.1) is 5.92 Å². The summed E-state index contributed by atoms with van der Waals surface area (Å²) in [7, 11) is 0. The van der Waals surface area contributed by atoms with E-state index in [0.717, 1.165) is 39.0 Å². The van der Waals surface area contributed by atoms with Gasteiger partial charge in [0, 0.05) is 18.2 Å². The predicted molar refractivity (Wildman–Crippen MR) is 93.0 cm³/mol. The van der Waals surface area contributed by atoms with Crippen molar-refractivity contribution < 1.29 is 23.0 Å². The highest BCUT2D eigenvalue weighted by atomic mass is 35.5. The molecule has 5 nitrogen and oxygen atoms in total. The maximum atomic E-state index is 12.7. The van der Waals surface area contributed by atoms with Gasteiger partial charge in [-0.05, 0) is 51.0 Å². The molecule has 0 saturated carbocycles. The summed E-state index contributed by atoms with van der Waals surface area (Å²) in [5, 5.41) is 3.39. The average molecular weight is 379 g/mol. The Bertz CT molecular complexity index is 555. The standard InChI is InChI=1S/C17H24F2N2O3.ClH/c1-2-20-9-12-3-5-21(6-4-12)10-13-7-15-16(23-11-22-15)8-14(13)24-17(18)19;/h7-8,12,17,20H,2-6,9-11H2,1H3;1H. The molecule has 0 bridgehead atoms. The number of rotatable bonds is 7. The number of nitrogens with one attached hydrogen (secondary N) is 1. The van der Waals surface area contributed by atoms with Gasteiger partial charge in [-0.3, -0.25) is 4.90 Å². The van der Waals surface area contributed by atoms with Crippen molar-refractivity contribution in [1.82, 2.24) is 10.2 Å². The van der Waals surface area contributed by atoms with Crippen LogP contribution in [0.3, 0.4) is 0 Å². The van der Waals surface area contributed by atoms with Crippen LogP contribution in [0.1, 0.15) is 25.3 Å². The number of nitrogens with zero attached hydrogens (tertiary/aromatic N) is 1. The summed E-state index contributed by atoms with van der Waals surface area (Å²) in [5.41, 5.74) is 0.713. The fourth-order valence-electron chi connectivity index (χ4n) is 3.23. The van der Waals surface area contributed by atoms with E-state index in [1.165, 1.54) is 6.07 Å². The molecule has 3 rings (SSSR count). The fraction of sp³-hybridized carbons (Fsp3) is 0.647. The molecule has 1 aromatic rings. The van der Waals surface area contributed by atoms with Gasteiger partial charge in [0.25, 0.3) is 0 Å². The van der Waals surface area contributed by atoms with Crippen molar-refractivity contribution in [3.63, 3.8) is 0 Å². The third kappa shape index (κ3) is 5.33. The maximum absolute atomic E-state index is 12.7. The minimum absolute atomic E-state index is 0. The quantitative estimate of drug-likeness (QED) is 0.789. The zero-order valence-corrected chi connectivity index (χ0v) is 15.1. The highest BCUT2D eigenvalue weighted by Crippen LogP contribution is 2.39. The Labute approximate surface area is 153 Å². The SMILES string of the molecule is CCNCC1CCN(Cc2cc3c(cc2OC(F)F)OCO3)CC1.Cl. The molecule has 0 aromatic heterocycles. The van der Waals surface area contributed by atoms with Crippen molar-refractivity contribution in [3.8, 4) is 17.2 Å². The molecule has 0 radical (unpaired) electrons. The van der Waals surface area contributed by atoms with Crippen molar-refractivity contribution in [1.29, 1.82) is 0 Å². The lowest BCUT2D eigenvalue weighted by Gasteiger charge is -2.32. The van der Waals surface area contributed by atoms with Crippen LogP contribution in [0.25, 0.3) is 0 Å². The Morgan fingerprint density at radius 3 is 2.56 bits per heavy atom. The minimum Gasteiger partial charge on any atom is -0.454 e. The van der Waals surface area contributed by atoms with Crippen LogP contribution in [-0.2, 0) is 6.54 Å². The topological polar surface area (TPSA) is 43.0 Å². The van der Waals surface area contributed by atoms with E-state index in [1.807, 2.05) is 0 Å². The number of ether oxygens (including phenoxy) is 3. The van der Waals surface area contributed by atoms with E-state index < -0.39 is 6.61 Å². The first-order valence-corrected chi connectivity index (χ1v) is 8.46. The molecule has 2 aliphatic rings. The lowest BCUT2D eigenvalue weighted by Crippen LogP contribution is -2.37. The molecule has 1 fully saturated rings. The maximum Gasteiger partial charge on any atom is 0.387 e. The summed E-state index contributed by atoms with van der Waals surface area (Å²) in [6.45, 7) is 3.90. The largest absolute Gasteiger partial charge is 0.454 e. The summed E-state index contributed by atoms with van der Waals surface area (Å²) in [4.78, 5) is 2.28. The third-order valence-electron chi connectivity index (χ3n) is 4.56. The van der Waals surface area contributed by atoms with Crippen LogP contribution in [-0.4, -0.2) is 44.5 Å². The Balaban J connectivity index is 0.00000225. The Hall–Kier alpha value is -1.31. The lowest BCUT2D eigenvalue weighted by molar-refractivity contribution is -0.0509. The summed E-state index contributed by atoms with van der Waals surface area (Å²) in [5.74, 6) is 1.91. The van der Waals surface area contributed by atoms with Crippen LogP contribution in [0.15, 0.2) is 12.1 Å². The van der Waals surface area contributed by atoms with E-state index in [0.29, 0.717) is 29.5 Å². The van der Waals surface area contributed by atoms with Gasteiger partial charge in [0.05, 0.1) is 0 Å². The van der Waals surface area contributed by atoms with Gasteiger partial charge in [-0.25, -0.2) is 0 Å². The molecular formula is C17H25ClF2N2O3. The van der Waals surface area contributed by atoms with Crippen molar-refractivity contribution >= 4 is 12.4 Å². The summed E-state index contributed by atoms with van der Waals surface area (Å²) in [6, 6.07) is 3.26. The smallest absolute Gasteiger partial charge is 0.387 e. The van der Waals surface area contributed by atoms with Gasteiger partial charge in [0.2, 0.25) is 6.79 Å². The van der Waals surface area contributed by atoms with Crippen molar-refractivity contribution in [2.45, 2.75) is 32.9 Å². The molecule has 2 heterocycles. The first kappa shape index (κ1) is 20.0. The molecule has 0 unspecified atom stereocenters. The number of hydrogen-bond donors (Lipinski definition) is 1. The van der Waals surface area contributed by atoms with Crippen molar-refractivity contribution in [2.24, 2.45) is 5.92 Å². The highest BCUT2D eigenvalue weighted by molar-refractivity contribution is 5.85. The van der Waals surface area contributed by atoms with E-state index in [-0.39, 0.29) is 24.9 Å². The number of hydrogen-bond acceptors (Lipinski definition) is 5. The third-order valence-corrected chi connectivity index (χ3v) is 4.56. The molecule has 2 aliphatic heterocycles. The first-order valence-electron chi connectivity index (χ1n) is 8.46. The van der Waals surface area contributed by atoms with Gasteiger partial charge in [0.15, 0.2) is 11.5 Å². The van der Waals surface area contributed by atoms with Gasteiger partial charge < -0.3 is 19.5 Å². The fourth-order valence-corrected chi connectivity index (χ4v) is 3.23. The first-order chi connectivity index (χ1) is 11.7. The van der Waals surface area contributed by atoms with Crippen LogP contribution in [0.2, 0.25) is 0 Å². The second kappa shape index (κ2) is 9.40. The van der Waals surface area contributed by atoms with Crippen LogP contribution in [0.5, 0.6) is 17.2 Å². The van der Waals surface area contributed by atoms with Crippen molar-refractivity contribution in [3.05, 3.63) is 17.7 Å². The molecule has 0 aliphatic carbocycles. The summed E-state index contributed by atoms with van der Waals surface area (Å²) < 4.78 is 40.7. The normalized spacial score (nSPS) is 17.6. The van der Waals surface area contributed by atoms with Gasteiger partial charge >= 0.3 is 6.61 Å². The van der Waals surface area contributed by atoms with E-state index in [1.54, 1.807) is 6.07 Å². The number of fused-ring (bicyclic) bond motifs is 1. The predicted octanol–water partition coefficient (Wildman–Crippen LogP) is 3.26. The molecule has 0 amide bonds. The molecule has 0 atom stereocenters. The van der Waals surface area contributed by atoms with E-state index in [4.69, 9.17) is 9.47 Å². The van der Waals surface area contributed by atoms with E-state index in [2.05, 4.69) is 21.9 Å². The molecule has 8 heteroatoms. The van der Waals surface area contributed by atoms with Crippen LogP contribution in [0.4, 0.5) is 8.78 Å². The van der Waals surface area contributed by atoms with E-state index in [9.17, 15) is 8.78 Å². The van der Waals surface area contributed by atoms with Gasteiger partial charge in [-0.2, -0.15) is 8.78 Å². The molecular weight excluding hydrogens is 354 g/mol. The summed E-state index contributed by atoms with van der Waals surface area (Å²) >= 11 is 0. The molecule has 1 aromatic carbocycles. The Morgan fingerprint density at radius 2 is 1.92 bits per heavy atom. The van der Waals surface area contributed by atoms with Gasteiger partial charge in [-0.15, -0.1) is 12.4 Å². The van der Waals surface area contributed by atoms with Crippen LogP contribution >= 0.6 is 12.4 Å². The molecule has 25 heavy (non-hydrogen) atoms. The number of likely N-dealkylation sites (tertiary alicyclic amines) is 1. The molecule has 142 valence electrons. The number of piperidine rings is 1. The zero-order valence-electron chi connectivity index (χ0n) is 14.3. The molecule has 1 N–H and O–H groups in total. The zero-order chi connectivity index (χ0) is 16.9. The summed E-state index contributed by atoms with van der Waals surface area (Å²) in [6.07, 6.45) is 2.23. The molecule has 1 saturated heterocycles. The van der Waals surface area contributed by atoms with E-state index >= 15 is 0 Å². The second-order valence-corrected chi connectivity index (χ2v) is 6.22. The number of alkyl halides is 2. The minimum atomic E-state index is -2.85. The van der Waals surface area contributed by atoms with Crippen LogP contribution < -0.4 is 19.5 Å². The number of halogens is 3. The van der Waals surface area contributed by atoms with Crippen molar-refractivity contribution in [2.75, 3.05) is 33.0 Å². The van der Waals surface area contributed by atoms with Gasteiger partial charge in [-0.1, -0.05) is 6.92 Å². The monoisotopic (exact) mass is 378 g/mol. The molecule has 0 spiro atoms. The Morgan fingerprint density at radius 1 is 1.24 bits per heavy atom. The Kier molecular flexibility index (Phi) is 7.53.